The summed E-state index contributed by atoms with van der Waals surface area (Å²) in [7, 11) is 0. The SMILES string of the molecule is O=C(CN1C(=O)C(=Cc2ccccc2)SC1=S)Nc1cccc(C(=O)O)c1. The standard InChI is InChI=1S/C19H14N2O4S2/c22-16(20-14-8-4-7-13(10-14)18(24)25)11-21-17(23)15(27-19(21)26)9-12-5-2-1-3-6-12/h1-10H,11H2,(H,20,22)(H,24,25). The van der Waals surface area contributed by atoms with E-state index < -0.39 is 11.9 Å². The third kappa shape index (κ3) is 4.60. The second kappa shape index (κ2) is 8.15. The molecule has 0 saturated carbocycles. The van der Waals surface area contributed by atoms with Crippen molar-refractivity contribution in [1.82, 2.24) is 4.90 Å². The van der Waals surface area contributed by atoms with Crippen LogP contribution < -0.4 is 5.32 Å². The highest BCUT2D eigenvalue weighted by atomic mass is 32.2. The number of carboxylic acid groups (broad SMARTS) is 1. The van der Waals surface area contributed by atoms with E-state index in [1.54, 1.807) is 12.1 Å². The van der Waals surface area contributed by atoms with Crippen molar-refractivity contribution in [3.8, 4) is 0 Å². The van der Waals surface area contributed by atoms with E-state index >= 15 is 0 Å². The van der Waals surface area contributed by atoms with Crippen LogP contribution in [0.3, 0.4) is 0 Å². The van der Waals surface area contributed by atoms with Crippen LogP contribution >= 0.6 is 24.0 Å². The molecule has 136 valence electrons. The molecule has 1 aliphatic heterocycles. The Hall–Kier alpha value is -2.97. The second-order valence-corrected chi connectivity index (χ2v) is 7.29. The van der Waals surface area contributed by atoms with Gasteiger partial charge in [-0.1, -0.05) is 60.4 Å². The van der Waals surface area contributed by atoms with E-state index in [0.717, 1.165) is 17.3 Å². The van der Waals surface area contributed by atoms with Crippen molar-refractivity contribution in [2.45, 2.75) is 0 Å². The molecule has 27 heavy (non-hydrogen) atoms. The number of hydrogen-bond acceptors (Lipinski definition) is 5. The van der Waals surface area contributed by atoms with E-state index in [4.69, 9.17) is 17.3 Å². The molecule has 2 aromatic rings. The first-order valence-electron chi connectivity index (χ1n) is 7.87. The summed E-state index contributed by atoms with van der Waals surface area (Å²) in [6, 6.07) is 15.2. The summed E-state index contributed by atoms with van der Waals surface area (Å²) in [6.45, 7) is -0.242. The zero-order valence-electron chi connectivity index (χ0n) is 13.9. The molecule has 1 aliphatic rings. The van der Waals surface area contributed by atoms with Crippen LogP contribution in [0.5, 0.6) is 0 Å². The first-order valence-corrected chi connectivity index (χ1v) is 9.10. The number of carbonyl (C=O) groups is 3. The minimum absolute atomic E-state index is 0.0594. The van der Waals surface area contributed by atoms with Gasteiger partial charge in [-0.2, -0.15) is 0 Å². The molecular formula is C19H14N2O4S2. The predicted octanol–water partition coefficient (Wildman–Crippen LogP) is 3.22. The van der Waals surface area contributed by atoms with Gasteiger partial charge in [-0.15, -0.1) is 0 Å². The normalized spacial score (nSPS) is 15.3. The van der Waals surface area contributed by atoms with Crippen molar-refractivity contribution in [1.29, 1.82) is 0 Å². The number of nitrogens with zero attached hydrogens (tertiary/aromatic N) is 1. The van der Waals surface area contributed by atoms with Crippen LogP contribution in [0, 0.1) is 0 Å². The van der Waals surface area contributed by atoms with E-state index in [1.165, 1.54) is 23.1 Å². The van der Waals surface area contributed by atoms with Crippen molar-refractivity contribution in [3.05, 3.63) is 70.6 Å². The van der Waals surface area contributed by atoms with Gasteiger partial charge in [0.1, 0.15) is 10.9 Å². The molecule has 1 saturated heterocycles. The highest BCUT2D eigenvalue weighted by Crippen LogP contribution is 2.32. The zero-order valence-corrected chi connectivity index (χ0v) is 15.5. The Kier molecular flexibility index (Phi) is 5.68. The summed E-state index contributed by atoms with van der Waals surface area (Å²) < 4.78 is 0.302. The monoisotopic (exact) mass is 398 g/mol. The number of rotatable bonds is 5. The van der Waals surface area contributed by atoms with Gasteiger partial charge >= 0.3 is 5.97 Å². The average molecular weight is 398 g/mol. The van der Waals surface area contributed by atoms with Gasteiger partial charge in [0.2, 0.25) is 5.91 Å². The lowest BCUT2D eigenvalue weighted by Crippen LogP contribution is -2.36. The molecule has 8 heteroatoms. The Bertz CT molecular complexity index is 957. The van der Waals surface area contributed by atoms with Crippen molar-refractivity contribution in [2.75, 3.05) is 11.9 Å². The molecule has 0 spiro atoms. The first-order chi connectivity index (χ1) is 12.9. The molecule has 1 heterocycles. The van der Waals surface area contributed by atoms with Crippen LogP contribution in [0.25, 0.3) is 6.08 Å². The minimum Gasteiger partial charge on any atom is -0.478 e. The van der Waals surface area contributed by atoms with Gasteiger partial charge in [0.05, 0.1) is 10.5 Å². The van der Waals surface area contributed by atoms with Crippen LogP contribution in [0.2, 0.25) is 0 Å². The molecule has 0 unspecified atom stereocenters. The van der Waals surface area contributed by atoms with Crippen LogP contribution in [0.15, 0.2) is 59.5 Å². The lowest BCUT2D eigenvalue weighted by Gasteiger charge is -2.14. The fourth-order valence-corrected chi connectivity index (χ4v) is 3.67. The van der Waals surface area contributed by atoms with Gasteiger partial charge in [-0.3, -0.25) is 14.5 Å². The molecule has 1 fully saturated rings. The maximum atomic E-state index is 12.5. The summed E-state index contributed by atoms with van der Waals surface area (Å²) in [6.07, 6.45) is 1.73. The molecule has 0 radical (unpaired) electrons. The second-order valence-electron chi connectivity index (χ2n) is 5.61. The Morgan fingerprint density at radius 2 is 1.89 bits per heavy atom. The lowest BCUT2D eigenvalue weighted by molar-refractivity contribution is -0.126. The van der Waals surface area contributed by atoms with Gasteiger partial charge in [-0.05, 0) is 29.8 Å². The highest BCUT2D eigenvalue weighted by molar-refractivity contribution is 8.26. The zero-order chi connectivity index (χ0) is 19.4. The average Bonchev–Trinajstić information content (AvgIpc) is 2.90. The maximum Gasteiger partial charge on any atom is 0.335 e. The molecule has 2 N–H and O–H groups in total. The van der Waals surface area contributed by atoms with Gasteiger partial charge < -0.3 is 10.4 Å². The predicted molar refractivity (Wildman–Crippen MR) is 108 cm³/mol. The highest BCUT2D eigenvalue weighted by Gasteiger charge is 2.33. The van der Waals surface area contributed by atoms with Crippen LogP contribution in [0.1, 0.15) is 15.9 Å². The lowest BCUT2D eigenvalue weighted by atomic mass is 10.2. The molecule has 3 rings (SSSR count). The Balaban J connectivity index is 1.68. The number of carboxylic acids is 1. The number of carbonyl (C=O) groups excluding carboxylic acids is 2. The molecule has 0 aliphatic carbocycles. The number of thioether (sulfide) groups is 1. The number of nitrogens with one attached hydrogen (secondary N) is 1. The van der Waals surface area contributed by atoms with Crippen molar-refractivity contribution in [2.24, 2.45) is 0 Å². The van der Waals surface area contributed by atoms with Crippen LogP contribution in [0.4, 0.5) is 5.69 Å². The maximum absolute atomic E-state index is 12.5. The summed E-state index contributed by atoms with van der Waals surface area (Å²) in [5.74, 6) is -1.88. The molecule has 0 bridgehead atoms. The van der Waals surface area contributed by atoms with Gasteiger partial charge in [0, 0.05) is 5.69 Å². The van der Waals surface area contributed by atoms with Crippen LogP contribution in [-0.2, 0) is 9.59 Å². The fourth-order valence-electron chi connectivity index (χ4n) is 2.41. The molecule has 0 atom stereocenters. The quantitative estimate of drug-likeness (QED) is 0.594. The minimum atomic E-state index is -1.09. The summed E-state index contributed by atoms with van der Waals surface area (Å²) in [5, 5.41) is 11.6. The Morgan fingerprint density at radius 3 is 2.59 bits per heavy atom. The fraction of sp³-hybridized carbons (Fsp3) is 0.0526. The van der Waals surface area contributed by atoms with Crippen LogP contribution in [-0.4, -0.2) is 38.7 Å². The summed E-state index contributed by atoms with van der Waals surface area (Å²) >= 11 is 6.36. The van der Waals surface area contributed by atoms with Crippen molar-refractivity contribution < 1.29 is 19.5 Å². The third-order valence-electron chi connectivity index (χ3n) is 3.67. The van der Waals surface area contributed by atoms with Gasteiger partial charge in [0.25, 0.3) is 5.91 Å². The van der Waals surface area contributed by atoms with E-state index in [0.29, 0.717) is 14.9 Å². The molecule has 2 amide bonds. The molecule has 6 nitrogen and oxygen atoms in total. The number of anilines is 1. The molecule has 0 aromatic heterocycles. The van der Waals surface area contributed by atoms with Gasteiger partial charge in [0.15, 0.2) is 0 Å². The smallest absolute Gasteiger partial charge is 0.335 e. The topological polar surface area (TPSA) is 86.7 Å². The number of benzene rings is 2. The van der Waals surface area contributed by atoms with E-state index in [9.17, 15) is 14.4 Å². The largest absolute Gasteiger partial charge is 0.478 e. The number of thiocarbonyl (C=S) groups is 1. The first kappa shape index (κ1) is 18.8. The number of aromatic carboxylic acids is 1. The summed E-state index contributed by atoms with van der Waals surface area (Å²) in [5.41, 5.74) is 1.27. The number of hydrogen-bond donors (Lipinski definition) is 2. The third-order valence-corrected chi connectivity index (χ3v) is 5.04. The van der Waals surface area contributed by atoms with E-state index in [2.05, 4.69) is 5.32 Å². The Labute approximate surface area is 164 Å². The van der Waals surface area contributed by atoms with Gasteiger partial charge in [-0.25, -0.2) is 4.79 Å². The van der Waals surface area contributed by atoms with E-state index in [-0.39, 0.29) is 18.0 Å². The Morgan fingerprint density at radius 1 is 1.15 bits per heavy atom. The van der Waals surface area contributed by atoms with Crippen molar-refractivity contribution in [3.63, 3.8) is 0 Å². The molecular weight excluding hydrogens is 384 g/mol. The summed E-state index contributed by atoms with van der Waals surface area (Å²) in [4.78, 5) is 37.5. The van der Waals surface area contributed by atoms with Crippen molar-refractivity contribution >= 4 is 57.8 Å². The van der Waals surface area contributed by atoms with E-state index in [1.807, 2.05) is 30.3 Å². The number of amides is 2. The molecule has 2 aromatic carbocycles.